The van der Waals surface area contributed by atoms with E-state index in [4.69, 9.17) is 4.74 Å². The Bertz CT molecular complexity index is 772. The van der Waals surface area contributed by atoms with Crippen LogP contribution in [0.4, 0.5) is 0 Å². The number of hydrogen-bond donors (Lipinski definition) is 1. The van der Waals surface area contributed by atoms with E-state index in [0.717, 1.165) is 33.3 Å². The lowest BCUT2D eigenvalue weighted by Crippen LogP contribution is -2.20. The first-order valence-corrected chi connectivity index (χ1v) is 9.09. The topological polar surface area (TPSA) is 50.7 Å². The monoisotopic (exact) mass is 402 g/mol. The molecule has 1 amide bonds. The third-order valence-electron chi connectivity index (χ3n) is 3.68. The number of nitrogens with one attached hydrogen (secondary N) is 1. The van der Waals surface area contributed by atoms with Crippen LogP contribution in [0.2, 0.25) is 0 Å². The number of hydrazone groups is 1. The molecule has 0 bridgehead atoms. The standard InChI is InChI=1S/C20H23BrN2O2/c1-4-9-25-19-8-7-18(21)11-17(19)13-22-23-20(24)12-16-6-5-14(2)10-15(16)3/h5-8,10-11,13H,4,9,12H2,1-3H3,(H,23,24)/b22-13+. The molecule has 0 radical (unpaired) electrons. The second-order valence-corrected chi connectivity index (χ2v) is 6.85. The number of halogens is 1. The third-order valence-corrected chi connectivity index (χ3v) is 4.17. The van der Waals surface area contributed by atoms with E-state index in [-0.39, 0.29) is 5.91 Å². The first-order chi connectivity index (χ1) is 12.0. The van der Waals surface area contributed by atoms with Gasteiger partial charge in [-0.05, 0) is 49.6 Å². The number of benzene rings is 2. The molecule has 0 aliphatic heterocycles. The van der Waals surface area contributed by atoms with Crippen LogP contribution in [0.5, 0.6) is 5.75 Å². The molecule has 4 nitrogen and oxygen atoms in total. The predicted molar refractivity (Wildman–Crippen MR) is 105 cm³/mol. The first kappa shape index (κ1) is 19.2. The van der Waals surface area contributed by atoms with Gasteiger partial charge in [-0.15, -0.1) is 0 Å². The summed E-state index contributed by atoms with van der Waals surface area (Å²) in [6.07, 6.45) is 2.84. The van der Waals surface area contributed by atoms with Gasteiger partial charge in [0.15, 0.2) is 0 Å². The van der Waals surface area contributed by atoms with E-state index in [1.165, 1.54) is 5.56 Å². The summed E-state index contributed by atoms with van der Waals surface area (Å²) < 4.78 is 6.63. The zero-order valence-corrected chi connectivity index (χ0v) is 16.4. The normalized spacial score (nSPS) is 10.9. The van der Waals surface area contributed by atoms with E-state index in [1.54, 1.807) is 6.21 Å². The van der Waals surface area contributed by atoms with Gasteiger partial charge in [0, 0.05) is 10.0 Å². The van der Waals surface area contributed by atoms with Crippen molar-refractivity contribution < 1.29 is 9.53 Å². The zero-order chi connectivity index (χ0) is 18.2. The number of amides is 1. The molecule has 0 saturated heterocycles. The largest absolute Gasteiger partial charge is 0.493 e. The molecule has 2 aromatic rings. The van der Waals surface area contributed by atoms with Crippen molar-refractivity contribution in [2.24, 2.45) is 5.10 Å². The maximum Gasteiger partial charge on any atom is 0.244 e. The van der Waals surface area contributed by atoms with Crippen LogP contribution in [0.3, 0.4) is 0 Å². The highest BCUT2D eigenvalue weighted by atomic mass is 79.9. The van der Waals surface area contributed by atoms with Crippen LogP contribution in [-0.2, 0) is 11.2 Å². The molecule has 0 saturated carbocycles. The smallest absolute Gasteiger partial charge is 0.244 e. The summed E-state index contributed by atoms with van der Waals surface area (Å²) in [6.45, 7) is 6.75. The summed E-state index contributed by atoms with van der Waals surface area (Å²) >= 11 is 3.44. The molecule has 2 aromatic carbocycles. The van der Waals surface area contributed by atoms with Gasteiger partial charge in [0.05, 0.1) is 19.2 Å². The molecule has 0 atom stereocenters. The van der Waals surface area contributed by atoms with Crippen LogP contribution in [0.25, 0.3) is 0 Å². The van der Waals surface area contributed by atoms with Crippen molar-refractivity contribution in [1.29, 1.82) is 0 Å². The lowest BCUT2D eigenvalue weighted by atomic mass is 10.0. The van der Waals surface area contributed by atoms with Gasteiger partial charge >= 0.3 is 0 Å². The summed E-state index contributed by atoms with van der Waals surface area (Å²) in [5.74, 6) is 0.603. The van der Waals surface area contributed by atoms with Gasteiger partial charge in [-0.25, -0.2) is 5.43 Å². The van der Waals surface area contributed by atoms with E-state index >= 15 is 0 Å². The summed E-state index contributed by atoms with van der Waals surface area (Å²) in [7, 11) is 0. The second kappa shape index (κ2) is 9.37. The first-order valence-electron chi connectivity index (χ1n) is 8.30. The van der Waals surface area contributed by atoms with Crippen molar-refractivity contribution in [3.63, 3.8) is 0 Å². The van der Waals surface area contributed by atoms with Crippen molar-refractivity contribution >= 4 is 28.1 Å². The fourth-order valence-corrected chi connectivity index (χ4v) is 2.77. The van der Waals surface area contributed by atoms with Crippen molar-refractivity contribution in [3.05, 3.63) is 63.1 Å². The second-order valence-electron chi connectivity index (χ2n) is 5.93. The Morgan fingerprint density at radius 1 is 1.24 bits per heavy atom. The van der Waals surface area contributed by atoms with Crippen LogP contribution < -0.4 is 10.2 Å². The van der Waals surface area contributed by atoms with Crippen LogP contribution >= 0.6 is 15.9 Å². The Morgan fingerprint density at radius 3 is 2.76 bits per heavy atom. The van der Waals surface area contributed by atoms with E-state index < -0.39 is 0 Å². The van der Waals surface area contributed by atoms with Crippen LogP contribution in [0.15, 0.2) is 46.0 Å². The lowest BCUT2D eigenvalue weighted by Gasteiger charge is -2.08. The molecule has 0 heterocycles. The van der Waals surface area contributed by atoms with Gasteiger partial charge in [-0.1, -0.05) is 46.6 Å². The van der Waals surface area contributed by atoms with Crippen LogP contribution in [-0.4, -0.2) is 18.7 Å². The Labute approximate surface area is 157 Å². The van der Waals surface area contributed by atoms with Crippen LogP contribution in [0.1, 0.15) is 35.6 Å². The molecular weight excluding hydrogens is 380 g/mol. The molecular formula is C20H23BrN2O2. The SMILES string of the molecule is CCCOc1ccc(Br)cc1/C=N/NC(=O)Cc1ccc(C)cc1C. The van der Waals surface area contributed by atoms with Gasteiger partial charge in [-0.3, -0.25) is 4.79 Å². The Morgan fingerprint density at radius 2 is 2.04 bits per heavy atom. The molecule has 5 heteroatoms. The van der Waals surface area contributed by atoms with Gasteiger partial charge in [0.1, 0.15) is 5.75 Å². The number of aryl methyl sites for hydroxylation is 2. The van der Waals surface area contributed by atoms with E-state index in [1.807, 2.05) is 44.2 Å². The Kier molecular flexibility index (Phi) is 7.19. The number of nitrogens with zero attached hydrogens (tertiary/aromatic N) is 1. The molecule has 25 heavy (non-hydrogen) atoms. The molecule has 0 unspecified atom stereocenters. The molecule has 0 aliphatic carbocycles. The van der Waals surface area contributed by atoms with Crippen molar-refractivity contribution in [3.8, 4) is 5.75 Å². The number of hydrogen-bond acceptors (Lipinski definition) is 3. The van der Waals surface area contributed by atoms with Crippen molar-refractivity contribution in [1.82, 2.24) is 5.43 Å². The highest BCUT2D eigenvalue weighted by Gasteiger charge is 2.06. The van der Waals surface area contributed by atoms with Crippen LogP contribution in [0, 0.1) is 13.8 Å². The summed E-state index contributed by atoms with van der Waals surface area (Å²) in [5, 5.41) is 4.07. The highest BCUT2D eigenvalue weighted by molar-refractivity contribution is 9.10. The third kappa shape index (κ3) is 6.02. The highest BCUT2D eigenvalue weighted by Crippen LogP contribution is 2.22. The molecule has 0 aromatic heterocycles. The Balaban J connectivity index is 2.00. The summed E-state index contributed by atoms with van der Waals surface area (Å²) in [6, 6.07) is 11.8. The zero-order valence-electron chi connectivity index (χ0n) is 14.8. The van der Waals surface area contributed by atoms with Crippen molar-refractivity contribution in [2.75, 3.05) is 6.61 Å². The van der Waals surface area contributed by atoms with E-state index in [9.17, 15) is 4.79 Å². The predicted octanol–water partition coefficient (Wildman–Crippen LogP) is 4.55. The molecule has 0 spiro atoms. The van der Waals surface area contributed by atoms with E-state index in [0.29, 0.717) is 13.0 Å². The van der Waals surface area contributed by atoms with Gasteiger partial charge < -0.3 is 4.74 Å². The molecule has 132 valence electrons. The lowest BCUT2D eigenvalue weighted by molar-refractivity contribution is -0.120. The number of carbonyl (C=O) groups is 1. The molecule has 0 aliphatic rings. The minimum absolute atomic E-state index is 0.144. The van der Waals surface area contributed by atoms with E-state index in [2.05, 4.69) is 39.4 Å². The minimum Gasteiger partial charge on any atom is -0.493 e. The number of carbonyl (C=O) groups excluding carboxylic acids is 1. The summed E-state index contributed by atoms with van der Waals surface area (Å²) in [5.41, 5.74) is 6.71. The Hall–Kier alpha value is -2.14. The fourth-order valence-electron chi connectivity index (χ4n) is 2.39. The van der Waals surface area contributed by atoms with Crippen molar-refractivity contribution in [2.45, 2.75) is 33.6 Å². The molecule has 0 fully saturated rings. The molecule has 1 N–H and O–H groups in total. The fraction of sp³-hybridized carbons (Fsp3) is 0.300. The summed E-state index contributed by atoms with van der Waals surface area (Å²) in [4.78, 5) is 12.1. The molecule has 2 rings (SSSR count). The van der Waals surface area contributed by atoms with Gasteiger partial charge in [-0.2, -0.15) is 5.10 Å². The quantitative estimate of drug-likeness (QED) is 0.545. The number of ether oxygens (including phenoxy) is 1. The van der Waals surface area contributed by atoms with Gasteiger partial charge in [0.25, 0.3) is 0 Å². The van der Waals surface area contributed by atoms with Gasteiger partial charge in [0.2, 0.25) is 5.91 Å². The maximum atomic E-state index is 12.1. The average molecular weight is 403 g/mol. The minimum atomic E-state index is -0.144. The number of rotatable bonds is 7. The maximum absolute atomic E-state index is 12.1. The average Bonchev–Trinajstić information content (AvgIpc) is 2.57.